The van der Waals surface area contributed by atoms with Crippen molar-refractivity contribution in [3.8, 4) is 0 Å². The van der Waals surface area contributed by atoms with Gasteiger partial charge in [-0.1, -0.05) is 6.42 Å². The Balaban J connectivity index is 1.66. The van der Waals surface area contributed by atoms with Crippen molar-refractivity contribution in [1.82, 2.24) is 25.4 Å². The van der Waals surface area contributed by atoms with E-state index in [9.17, 15) is 5.11 Å². The maximum absolute atomic E-state index is 10.7. The summed E-state index contributed by atoms with van der Waals surface area (Å²) in [5.74, 6) is 3.89. The minimum Gasteiger partial charge on any atom is -0.463 e. The van der Waals surface area contributed by atoms with Gasteiger partial charge < -0.3 is 24.7 Å². The first-order chi connectivity index (χ1) is 13.0. The maximum atomic E-state index is 10.7. The zero-order chi connectivity index (χ0) is 19.3. The summed E-state index contributed by atoms with van der Waals surface area (Å²) in [6, 6.07) is 3.65. The lowest BCUT2D eigenvalue weighted by Gasteiger charge is -2.22. The molecule has 0 amide bonds. The third-order valence-electron chi connectivity index (χ3n) is 4.78. The second-order valence-electron chi connectivity index (χ2n) is 7.23. The van der Waals surface area contributed by atoms with E-state index in [4.69, 9.17) is 4.42 Å². The number of aromatic nitrogens is 3. The van der Waals surface area contributed by atoms with Crippen molar-refractivity contribution in [1.29, 1.82) is 0 Å². The molecule has 3 rings (SSSR count). The predicted octanol–water partition coefficient (Wildman–Crippen LogP) is 1.87. The van der Waals surface area contributed by atoms with Crippen molar-refractivity contribution in [2.45, 2.75) is 65.1 Å². The minimum absolute atomic E-state index is 0.281. The molecule has 0 saturated carbocycles. The van der Waals surface area contributed by atoms with Gasteiger partial charge >= 0.3 is 0 Å². The van der Waals surface area contributed by atoms with Gasteiger partial charge in [-0.3, -0.25) is 0 Å². The number of rotatable bonds is 6. The molecular weight excluding hydrogens is 344 g/mol. The first kappa shape index (κ1) is 19.4. The highest BCUT2D eigenvalue weighted by Gasteiger charge is 2.27. The highest BCUT2D eigenvalue weighted by molar-refractivity contribution is 5.79. The van der Waals surface area contributed by atoms with Crippen molar-refractivity contribution >= 4 is 5.96 Å². The lowest BCUT2D eigenvalue weighted by molar-refractivity contribution is 0.0378. The van der Waals surface area contributed by atoms with Gasteiger partial charge in [-0.05, 0) is 45.7 Å². The molecule has 3 N–H and O–H groups in total. The fraction of sp³-hybridized carbons (Fsp3) is 0.632. The molecule has 0 saturated heterocycles. The maximum Gasteiger partial charge on any atom is 0.191 e. The highest BCUT2D eigenvalue weighted by atomic mass is 16.4. The van der Waals surface area contributed by atoms with Gasteiger partial charge in [0.15, 0.2) is 11.8 Å². The Kier molecular flexibility index (Phi) is 6.15. The summed E-state index contributed by atoms with van der Waals surface area (Å²) in [6.07, 6.45) is 4.55. The van der Waals surface area contributed by atoms with Crippen LogP contribution in [0.5, 0.6) is 0 Å². The molecule has 1 unspecified atom stereocenters. The normalized spacial score (nSPS) is 17.1. The quantitative estimate of drug-likeness (QED) is 0.527. The number of fused-ring (bicyclic) bond motifs is 1. The SMILES string of the molecule is CCNC(=NCc1nnc2n1CCCCC2)NCC(C)(O)c1ccc(C)o1. The van der Waals surface area contributed by atoms with Crippen molar-refractivity contribution in [3.05, 3.63) is 35.3 Å². The average molecular weight is 374 g/mol. The number of nitrogens with one attached hydrogen (secondary N) is 2. The Bertz CT molecular complexity index is 777. The van der Waals surface area contributed by atoms with E-state index in [1.54, 1.807) is 13.0 Å². The molecule has 3 heterocycles. The molecule has 8 nitrogen and oxygen atoms in total. The molecule has 0 fully saturated rings. The number of guanidine groups is 1. The van der Waals surface area contributed by atoms with E-state index in [-0.39, 0.29) is 6.54 Å². The standard InChI is InChI=1S/C19H30N6O2/c1-4-20-18(22-13-19(3,26)15-10-9-14(2)27-15)21-12-17-24-23-16-8-6-5-7-11-25(16)17/h9-10,26H,4-8,11-13H2,1-3H3,(H2,20,21,22). The molecule has 0 bridgehead atoms. The molecule has 27 heavy (non-hydrogen) atoms. The molecule has 148 valence electrons. The highest BCUT2D eigenvalue weighted by Crippen LogP contribution is 2.22. The first-order valence-electron chi connectivity index (χ1n) is 9.72. The molecule has 8 heteroatoms. The second kappa shape index (κ2) is 8.56. The van der Waals surface area contributed by atoms with Gasteiger partial charge in [-0.15, -0.1) is 10.2 Å². The predicted molar refractivity (Wildman–Crippen MR) is 103 cm³/mol. The third-order valence-corrected chi connectivity index (χ3v) is 4.78. The Hall–Kier alpha value is -2.35. The molecular formula is C19H30N6O2. The van der Waals surface area contributed by atoms with E-state index in [0.717, 1.165) is 43.3 Å². The number of aryl methyl sites for hydroxylation is 2. The van der Waals surface area contributed by atoms with Gasteiger partial charge in [0.05, 0.1) is 6.54 Å². The largest absolute Gasteiger partial charge is 0.463 e. The van der Waals surface area contributed by atoms with Gasteiger partial charge in [0.2, 0.25) is 0 Å². The van der Waals surface area contributed by atoms with Crippen LogP contribution in [0, 0.1) is 6.92 Å². The van der Waals surface area contributed by atoms with Gasteiger partial charge in [0.25, 0.3) is 0 Å². The Labute approximate surface area is 160 Å². The fourth-order valence-electron chi connectivity index (χ4n) is 3.22. The minimum atomic E-state index is -1.13. The summed E-state index contributed by atoms with van der Waals surface area (Å²) in [5, 5.41) is 25.7. The molecule has 1 aliphatic heterocycles. The van der Waals surface area contributed by atoms with Crippen LogP contribution in [0.25, 0.3) is 0 Å². The van der Waals surface area contributed by atoms with Crippen molar-refractivity contribution in [2.75, 3.05) is 13.1 Å². The van der Waals surface area contributed by atoms with E-state index in [0.29, 0.717) is 18.3 Å². The Morgan fingerprint density at radius 2 is 2.15 bits per heavy atom. The van der Waals surface area contributed by atoms with E-state index in [1.807, 2.05) is 19.9 Å². The molecule has 0 aliphatic carbocycles. The number of aliphatic hydroxyl groups is 1. The average Bonchev–Trinajstić information content (AvgIpc) is 3.17. The summed E-state index contributed by atoms with van der Waals surface area (Å²) < 4.78 is 7.76. The lowest BCUT2D eigenvalue weighted by atomic mass is 10.0. The van der Waals surface area contributed by atoms with E-state index in [2.05, 4.69) is 30.4 Å². The van der Waals surface area contributed by atoms with Gasteiger partial charge in [0.1, 0.15) is 29.5 Å². The number of furan rings is 1. The number of nitrogens with zero attached hydrogens (tertiary/aromatic N) is 4. The Morgan fingerprint density at radius 3 is 2.89 bits per heavy atom. The van der Waals surface area contributed by atoms with Crippen molar-refractivity contribution < 1.29 is 9.52 Å². The van der Waals surface area contributed by atoms with Crippen molar-refractivity contribution in [2.24, 2.45) is 4.99 Å². The van der Waals surface area contributed by atoms with Crippen LogP contribution in [-0.2, 0) is 25.1 Å². The summed E-state index contributed by atoms with van der Waals surface area (Å²) in [7, 11) is 0. The van der Waals surface area contributed by atoms with E-state index >= 15 is 0 Å². The van der Waals surface area contributed by atoms with E-state index < -0.39 is 5.60 Å². The topological polar surface area (TPSA) is 100 Å². The number of aliphatic imine (C=N–C) groups is 1. The van der Waals surface area contributed by atoms with Crippen LogP contribution in [0.3, 0.4) is 0 Å². The van der Waals surface area contributed by atoms with Gasteiger partial charge in [-0.2, -0.15) is 0 Å². The van der Waals surface area contributed by atoms with Crippen LogP contribution in [0.15, 0.2) is 21.5 Å². The monoisotopic (exact) mass is 374 g/mol. The fourth-order valence-corrected chi connectivity index (χ4v) is 3.22. The van der Waals surface area contributed by atoms with E-state index in [1.165, 1.54) is 12.8 Å². The Morgan fingerprint density at radius 1 is 1.30 bits per heavy atom. The van der Waals surface area contributed by atoms with Gasteiger partial charge in [-0.25, -0.2) is 4.99 Å². The smallest absolute Gasteiger partial charge is 0.191 e. The van der Waals surface area contributed by atoms with Crippen LogP contribution in [0.4, 0.5) is 0 Å². The summed E-state index contributed by atoms with van der Waals surface area (Å²) in [6.45, 7) is 8.01. The van der Waals surface area contributed by atoms with Crippen LogP contribution < -0.4 is 10.6 Å². The zero-order valence-corrected chi connectivity index (χ0v) is 16.5. The van der Waals surface area contributed by atoms with Crippen LogP contribution in [0.1, 0.15) is 56.3 Å². The molecule has 2 aromatic rings. The first-order valence-corrected chi connectivity index (χ1v) is 9.72. The molecule has 1 atom stereocenters. The summed E-state index contributed by atoms with van der Waals surface area (Å²) in [4.78, 5) is 4.63. The summed E-state index contributed by atoms with van der Waals surface area (Å²) >= 11 is 0. The molecule has 0 spiro atoms. The van der Waals surface area contributed by atoms with Crippen molar-refractivity contribution in [3.63, 3.8) is 0 Å². The summed E-state index contributed by atoms with van der Waals surface area (Å²) in [5.41, 5.74) is -1.13. The molecule has 1 aliphatic rings. The molecule has 0 radical (unpaired) electrons. The zero-order valence-electron chi connectivity index (χ0n) is 16.5. The number of hydrogen-bond acceptors (Lipinski definition) is 5. The van der Waals surface area contributed by atoms with Crippen LogP contribution in [0.2, 0.25) is 0 Å². The second-order valence-corrected chi connectivity index (χ2v) is 7.23. The third kappa shape index (κ3) is 4.88. The molecule has 0 aromatic carbocycles. The lowest BCUT2D eigenvalue weighted by Crippen LogP contribution is -2.44. The van der Waals surface area contributed by atoms with Crippen LogP contribution in [-0.4, -0.2) is 38.9 Å². The molecule has 2 aromatic heterocycles. The van der Waals surface area contributed by atoms with Crippen LogP contribution >= 0.6 is 0 Å². The van der Waals surface area contributed by atoms with Gasteiger partial charge in [0, 0.05) is 19.5 Å². The number of hydrogen-bond donors (Lipinski definition) is 3.